The van der Waals surface area contributed by atoms with Crippen LogP contribution in [0.2, 0.25) is 4.34 Å². The number of piperidine rings is 1. The van der Waals surface area contributed by atoms with E-state index in [1.165, 1.54) is 4.31 Å². The van der Waals surface area contributed by atoms with Crippen molar-refractivity contribution in [1.29, 1.82) is 0 Å². The molecule has 0 amide bonds. The second-order valence-electron chi connectivity index (χ2n) is 4.63. The molecule has 0 bridgehead atoms. The molecular formula is C11H17ClN2O2S2. The van der Waals surface area contributed by atoms with Gasteiger partial charge in [-0.15, -0.1) is 11.3 Å². The third kappa shape index (κ3) is 2.72. The molecule has 1 atom stereocenters. The number of hydrogen-bond donors (Lipinski definition) is 1. The largest absolute Gasteiger partial charge is 0.330 e. The van der Waals surface area contributed by atoms with Gasteiger partial charge < -0.3 is 5.73 Å². The Morgan fingerprint density at radius 1 is 1.61 bits per heavy atom. The van der Waals surface area contributed by atoms with Gasteiger partial charge in [-0.2, -0.15) is 4.31 Å². The number of nitrogens with zero attached hydrogens (tertiary/aromatic N) is 1. The van der Waals surface area contributed by atoms with Gasteiger partial charge in [-0.3, -0.25) is 0 Å². The molecule has 2 heterocycles. The van der Waals surface area contributed by atoms with E-state index in [1.54, 1.807) is 6.07 Å². The minimum Gasteiger partial charge on any atom is -0.330 e. The third-order valence-corrected chi connectivity index (χ3v) is 7.11. The van der Waals surface area contributed by atoms with E-state index in [0.29, 0.717) is 28.2 Å². The molecule has 0 saturated carbocycles. The molecule has 0 radical (unpaired) electrons. The average molecular weight is 309 g/mol. The molecule has 1 unspecified atom stereocenters. The second kappa shape index (κ2) is 5.46. The van der Waals surface area contributed by atoms with E-state index in [9.17, 15) is 8.42 Å². The van der Waals surface area contributed by atoms with Crippen molar-refractivity contribution >= 4 is 33.0 Å². The van der Waals surface area contributed by atoms with Gasteiger partial charge in [-0.1, -0.05) is 11.6 Å². The normalized spacial score (nSPS) is 22.3. The van der Waals surface area contributed by atoms with Crippen LogP contribution in [0.25, 0.3) is 0 Å². The molecule has 2 N–H and O–H groups in total. The fourth-order valence-electron chi connectivity index (χ4n) is 2.12. The summed E-state index contributed by atoms with van der Waals surface area (Å²) in [7, 11) is -3.39. The van der Waals surface area contributed by atoms with Crippen LogP contribution in [-0.2, 0) is 10.0 Å². The average Bonchev–Trinajstić information content (AvgIpc) is 2.70. The van der Waals surface area contributed by atoms with Gasteiger partial charge in [-0.05, 0) is 43.9 Å². The molecule has 0 aromatic carbocycles. The number of hydrogen-bond acceptors (Lipinski definition) is 4. The third-order valence-electron chi connectivity index (χ3n) is 3.24. The van der Waals surface area contributed by atoms with Crippen molar-refractivity contribution in [3.8, 4) is 0 Å². The predicted molar refractivity (Wildman–Crippen MR) is 74.6 cm³/mol. The Hall–Kier alpha value is -0.140. The van der Waals surface area contributed by atoms with Crippen molar-refractivity contribution in [2.45, 2.75) is 24.0 Å². The van der Waals surface area contributed by atoms with E-state index in [4.69, 9.17) is 17.3 Å². The minimum absolute atomic E-state index is 0.269. The van der Waals surface area contributed by atoms with Crippen LogP contribution in [0, 0.1) is 12.8 Å². The lowest BCUT2D eigenvalue weighted by molar-refractivity contribution is 0.272. The molecule has 7 heteroatoms. The molecule has 1 saturated heterocycles. The zero-order valence-electron chi connectivity index (χ0n) is 10.2. The summed E-state index contributed by atoms with van der Waals surface area (Å²) < 4.78 is 27.3. The van der Waals surface area contributed by atoms with E-state index >= 15 is 0 Å². The Morgan fingerprint density at radius 2 is 2.33 bits per heavy atom. The zero-order valence-corrected chi connectivity index (χ0v) is 12.6. The highest BCUT2D eigenvalue weighted by molar-refractivity contribution is 7.91. The number of sulfonamides is 1. The molecule has 1 aliphatic rings. The van der Waals surface area contributed by atoms with Gasteiger partial charge in [0.2, 0.25) is 0 Å². The van der Waals surface area contributed by atoms with Crippen molar-refractivity contribution in [3.05, 3.63) is 16.0 Å². The summed E-state index contributed by atoms with van der Waals surface area (Å²) in [4.78, 5) is 0. The fourth-order valence-corrected chi connectivity index (χ4v) is 5.54. The first-order chi connectivity index (χ1) is 8.45. The summed E-state index contributed by atoms with van der Waals surface area (Å²) in [6.07, 6.45) is 1.88. The molecule has 0 aliphatic carbocycles. The molecule has 4 nitrogen and oxygen atoms in total. The van der Waals surface area contributed by atoms with Crippen molar-refractivity contribution in [2.75, 3.05) is 19.6 Å². The number of nitrogens with two attached hydrogens (primary N) is 1. The Labute approximate surface area is 117 Å². The standard InChI is InChI=1S/C11H17ClN2O2S2/c1-8-5-10(17-11(8)12)18(15,16)14-4-2-3-9(6-13)7-14/h5,9H,2-4,6-7,13H2,1H3. The first kappa shape index (κ1) is 14.3. The van der Waals surface area contributed by atoms with Gasteiger partial charge in [0.15, 0.2) is 0 Å². The van der Waals surface area contributed by atoms with Gasteiger partial charge in [-0.25, -0.2) is 8.42 Å². The summed E-state index contributed by atoms with van der Waals surface area (Å²) in [6.45, 7) is 3.45. The molecule has 1 aliphatic heterocycles. The lowest BCUT2D eigenvalue weighted by Gasteiger charge is -2.30. The summed E-state index contributed by atoms with van der Waals surface area (Å²) >= 11 is 7.07. The Bertz CT molecular complexity index is 508. The quantitative estimate of drug-likeness (QED) is 0.929. The summed E-state index contributed by atoms with van der Waals surface area (Å²) in [5.74, 6) is 0.269. The van der Waals surface area contributed by atoms with E-state index in [0.717, 1.165) is 29.7 Å². The van der Waals surface area contributed by atoms with Crippen LogP contribution in [0.5, 0.6) is 0 Å². The molecular weight excluding hydrogens is 292 g/mol. The second-order valence-corrected chi connectivity index (χ2v) is 8.45. The van der Waals surface area contributed by atoms with Crippen LogP contribution in [0.3, 0.4) is 0 Å². The minimum atomic E-state index is -3.39. The molecule has 0 spiro atoms. The Kier molecular flexibility index (Phi) is 4.33. The molecule has 1 fully saturated rings. The number of thiophene rings is 1. The summed E-state index contributed by atoms with van der Waals surface area (Å²) in [5, 5.41) is 0. The lowest BCUT2D eigenvalue weighted by atomic mass is 10.0. The van der Waals surface area contributed by atoms with Crippen molar-refractivity contribution in [1.82, 2.24) is 4.31 Å². The number of halogens is 1. The van der Waals surface area contributed by atoms with Gasteiger partial charge in [0.25, 0.3) is 10.0 Å². The van der Waals surface area contributed by atoms with E-state index in [-0.39, 0.29) is 5.92 Å². The van der Waals surface area contributed by atoms with E-state index in [1.807, 2.05) is 6.92 Å². The van der Waals surface area contributed by atoms with Crippen LogP contribution in [0.15, 0.2) is 10.3 Å². The van der Waals surface area contributed by atoms with Gasteiger partial charge in [0.1, 0.15) is 4.21 Å². The monoisotopic (exact) mass is 308 g/mol. The zero-order chi connectivity index (χ0) is 13.3. The van der Waals surface area contributed by atoms with Gasteiger partial charge in [0, 0.05) is 13.1 Å². The maximum Gasteiger partial charge on any atom is 0.252 e. The van der Waals surface area contributed by atoms with E-state index < -0.39 is 10.0 Å². The van der Waals surface area contributed by atoms with Crippen LogP contribution >= 0.6 is 22.9 Å². The van der Waals surface area contributed by atoms with Crippen LogP contribution in [0.1, 0.15) is 18.4 Å². The summed E-state index contributed by atoms with van der Waals surface area (Å²) in [6, 6.07) is 1.65. The van der Waals surface area contributed by atoms with Crippen molar-refractivity contribution in [3.63, 3.8) is 0 Å². The lowest BCUT2D eigenvalue weighted by Crippen LogP contribution is -2.41. The number of aryl methyl sites for hydroxylation is 1. The molecule has 102 valence electrons. The maximum absolute atomic E-state index is 12.5. The molecule has 2 rings (SSSR count). The van der Waals surface area contributed by atoms with Crippen molar-refractivity contribution < 1.29 is 8.42 Å². The maximum atomic E-state index is 12.5. The van der Waals surface area contributed by atoms with Crippen LogP contribution in [0.4, 0.5) is 0 Å². The Morgan fingerprint density at radius 3 is 2.89 bits per heavy atom. The van der Waals surface area contributed by atoms with Crippen LogP contribution < -0.4 is 5.73 Å². The first-order valence-electron chi connectivity index (χ1n) is 5.91. The Balaban J connectivity index is 2.25. The number of rotatable bonds is 3. The smallest absolute Gasteiger partial charge is 0.252 e. The topological polar surface area (TPSA) is 63.4 Å². The summed E-state index contributed by atoms with van der Waals surface area (Å²) in [5.41, 5.74) is 6.45. The highest BCUT2D eigenvalue weighted by Gasteiger charge is 2.31. The van der Waals surface area contributed by atoms with Crippen LogP contribution in [-0.4, -0.2) is 32.4 Å². The molecule has 1 aromatic rings. The first-order valence-corrected chi connectivity index (χ1v) is 8.54. The predicted octanol–water partition coefficient (Wildman–Crippen LogP) is 2.07. The SMILES string of the molecule is Cc1cc(S(=O)(=O)N2CCCC(CN)C2)sc1Cl. The van der Waals surface area contributed by atoms with E-state index in [2.05, 4.69) is 0 Å². The fraction of sp³-hybridized carbons (Fsp3) is 0.636. The highest BCUT2D eigenvalue weighted by Crippen LogP contribution is 2.33. The van der Waals surface area contributed by atoms with Gasteiger partial charge in [0.05, 0.1) is 4.34 Å². The highest BCUT2D eigenvalue weighted by atomic mass is 35.5. The van der Waals surface area contributed by atoms with Gasteiger partial charge >= 0.3 is 0 Å². The molecule has 1 aromatic heterocycles. The molecule has 18 heavy (non-hydrogen) atoms. The van der Waals surface area contributed by atoms with Crippen molar-refractivity contribution in [2.24, 2.45) is 11.7 Å².